The molecular weight excluding hydrogens is 462 g/mol. The number of rotatable bonds is 10. The molecule has 11 nitrogen and oxygen atoms in total. The Morgan fingerprint density at radius 3 is 2.22 bits per heavy atom. The Kier molecular flexibility index (Phi) is 8.29. The lowest BCUT2D eigenvalue weighted by molar-refractivity contribution is 0.188. The van der Waals surface area contributed by atoms with Crippen molar-refractivity contribution in [3.05, 3.63) is 45.7 Å². The van der Waals surface area contributed by atoms with Gasteiger partial charge in [0.1, 0.15) is 11.4 Å². The van der Waals surface area contributed by atoms with E-state index in [9.17, 15) is 26.7 Å². The number of nitrogens with zero attached hydrogens (tertiary/aromatic N) is 3. The second-order valence-electron chi connectivity index (χ2n) is 6.91. The number of azo groups is 1. The predicted octanol–water partition coefficient (Wildman–Crippen LogP) is 2.19. The fourth-order valence-corrected chi connectivity index (χ4v) is 4.27. The van der Waals surface area contributed by atoms with E-state index < -0.39 is 37.1 Å². The number of pyridine rings is 1. The fraction of sp³-hybridized carbons (Fsp3) is 0.421. The van der Waals surface area contributed by atoms with E-state index in [1.165, 1.54) is 38.3 Å². The first-order chi connectivity index (χ1) is 14.9. The average Bonchev–Trinajstić information content (AvgIpc) is 2.73. The zero-order valence-corrected chi connectivity index (χ0v) is 19.7. The van der Waals surface area contributed by atoms with Crippen molar-refractivity contribution in [2.45, 2.75) is 30.5 Å². The molecule has 0 atom stereocenters. The number of methoxy groups -OCH3 is 1. The van der Waals surface area contributed by atoms with Gasteiger partial charge in [0.15, 0.2) is 9.84 Å². The molecule has 0 saturated heterocycles. The molecule has 0 bridgehead atoms. The molecule has 32 heavy (non-hydrogen) atoms. The third-order valence-corrected chi connectivity index (χ3v) is 6.89. The normalized spacial score (nSPS) is 12.5. The quantitative estimate of drug-likeness (QED) is 0.304. The van der Waals surface area contributed by atoms with Gasteiger partial charge in [-0.2, -0.15) is 13.5 Å². The van der Waals surface area contributed by atoms with Gasteiger partial charge < -0.3 is 9.84 Å². The Morgan fingerprint density at radius 1 is 1.06 bits per heavy atom. The highest BCUT2D eigenvalue weighted by Crippen LogP contribution is 2.33. The maximum atomic E-state index is 12.9. The zero-order chi connectivity index (χ0) is 24.1. The summed E-state index contributed by atoms with van der Waals surface area (Å²) in [6.45, 7) is 1.82. The topological polar surface area (TPSA) is 154 Å². The van der Waals surface area contributed by atoms with Crippen LogP contribution in [0.4, 0.5) is 11.4 Å². The van der Waals surface area contributed by atoms with Gasteiger partial charge in [-0.1, -0.05) is 0 Å². The molecular formula is C19H25N3O8S2. The number of hydrogen-bond acceptors (Lipinski definition) is 10. The van der Waals surface area contributed by atoms with Crippen LogP contribution in [0, 0.1) is 6.92 Å². The number of aromatic hydroxyl groups is 1. The van der Waals surface area contributed by atoms with Crippen molar-refractivity contribution in [2.24, 2.45) is 10.2 Å². The highest BCUT2D eigenvalue weighted by Gasteiger charge is 2.23. The molecule has 0 aliphatic rings. The third kappa shape index (κ3) is 6.22. The lowest BCUT2D eigenvalue weighted by atomic mass is 10.1. The molecule has 0 saturated carbocycles. The molecule has 0 aliphatic carbocycles. The van der Waals surface area contributed by atoms with E-state index >= 15 is 0 Å². The van der Waals surface area contributed by atoms with Crippen molar-refractivity contribution in [1.82, 2.24) is 4.57 Å². The molecule has 0 aliphatic heterocycles. The summed E-state index contributed by atoms with van der Waals surface area (Å²) >= 11 is 0. The first kappa shape index (κ1) is 25.6. The van der Waals surface area contributed by atoms with Crippen molar-refractivity contribution in [3.63, 3.8) is 0 Å². The van der Waals surface area contributed by atoms with Crippen LogP contribution >= 0.6 is 0 Å². The average molecular weight is 488 g/mol. The third-order valence-electron chi connectivity index (χ3n) is 4.61. The smallest absolute Gasteiger partial charge is 0.271 e. The Bertz CT molecular complexity index is 1270. The minimum Gasteiger partial charge on any atom is -0.493 e. The van der Waals surface area contributed by atoms with Gasteiger partial charge in [0.05, 0.1) is 17.7 Å². The summed E-state index contributed by atoms with van der Waals surface area (Å²) in [5, 5.41) is 18.7. The van der Waals surface area contributed by atoms with Crippen LogP contribution in [0.5, 0.6) is 5.88 Å². The molecule has 13 heteroatoms. The van der Waals surface area contributed by atoms with Gasteiger partial charge in [0.25, 0.3) is 15.7 Å². The van der Waals surface area contributed by atoms with Crippen molar-refractivity contribution in [2.75, 3.05) is 27.1 Å². The molecule has 0 fully saturated rings. The summed E-state index contributed by atoms with van der Waals surface area (Å²) in [6, 6.07) is 5.58. The Balaban J connectivity index is 2.58. The van der Waals surface area contributed by atoms with E-state index in [4.69, 9.17) is 4.74 Å². The zero-order valence-electron chi connectivity index (χ0n) is 18.1. The van der Waals surface area contributed by atoms with Crippen molar-refractivity contribution in [3.8, 4) is 5.88 Å². The second-order valence-corrected chi connectivity index (χ2v) is 10.7. The minimum absolute atomic E-state index is 0.0599. The Morgan fingerprint density at radius 2 is 1.69 bits per heavy atom. The van der Waals surface area contributed by atoms with Gasteiger partial charge in [0, 0.05) is 32.1 Å². The molecule has 1 aromatic heterocycles. The van der Waals surface area contributed by atoms with Crippen LogP contribution in [0.1, 0.15) is 17.5 Å². The minimum atomic E-state index is -4.02. The maximum Gasteiger partial charge on any atom is 0.271 e. The number of ether oxygens (including phenoxy) is 1. The van der Waals surface area contributed by atoms with Crippen LogP contribution in [-0.2, 0) is 41.2 Å². The molecule has 1 N–H and O–H groups in total. The summed E-state index contributed by atoms with van der Waals surface area (Å²) in [4.78, 5) is 13.0. The highest BCUT2D eigenvalue weighted by molar-refractivity contribution is 7.90. The van der Waals surface area contributed by atoms with E-state index in [1.807, 2.05) is 0 Å². The summed E-state index contributed by atoms with van der Waals surface area (Å²) in [6.07, 6.45) is 1.46. The van der Waals surface area contributed by atoms with Gasteiger partial charge in [-0.15, -0.1) is 5.11 Å². The summed E-state index contributed by atoms with van der Waals surface area (Å²) in [5.41, 5.74) is -0.459. The monoisotopic (exact) mass is 487 g/mol. The van der Waals surface area contributed by atoms with Crippen LogP contribution in [0.15, 0.2) is 44.2 Å². The summed E-state index contributed by atoms with van der Waals surface area (Å²) in [5.74, 6) is -1.18. The van der Waals surface area contributed by atoms with Crippen molar-refractivity contribution < 1.29 is 30.9 Å². The van der Waals surface area contributed by atoms with Crippen LogP contribution in [0.25, 0.3) is 0 Å². The lowest BCUT2D eigenvalue weighted by Gasteiger charge is -2.15. The van der Waals surface area contributed by atoms with E-state index in [0.717, 1.165) is 17.9 Å². The van der Waals surface area contributed by atoms with E-state index in [1.54, 1.807) is 0 Å². The van der Waals surface area contributed by atoms with Gasteiger partial charge in [-0.05, 0) is 43.2 Å². The summed E-state index contributed by atoms with van der Waals surface area (Å²) < 4.78 is 57.6. The van der Waals surface area contributed by atoms with Crippen molar-refractivity contribution >= 4 is 31.3 Å². The first-order valence-corrected chi connectivity index (χ1v) is 12.8. The van der Waals surface area contributed by atoms with Crippen LogP contribution in [0.2, 0.25) is 0 Å². The second kappa shape index (κ2) is 10.3. The largest absolute Gasteiger partial charge is 0.493 e. The number of sulfone groups is 1. The SMILES string of the molecule is COCCCn1c(O)c(/N=N/c2ccc(S(C)(=O)=O)cc2)c(C)c(CS(=O)(=O)OC)c1=O. The van der Waals surface area contributed by atoms with Gasteiger partial charge in [0.2, 0.25) is 5.88 Å². The van der Waals surface area contributed by atoms with Crippen molar-refractivity contribution in [1.29, 1.82) is 0 Å². The highest BCUT2D eigenvalue weighted by atomic mass is 32.2. The first-order valence-electron chi connectivity index (χ1n) is 9.35. The molecule has 0 radical (unpaired) electrons. The standard InChI is InChI=1S/C19H25N3O8S2/c1-13-16(12-32(27,28)30-3)18(23)22(10-5-11-29-2)19(24)17(13)21-20-14-6-8-15(9-7-14)31(4,25)26/h6-9,24H,5,10-12H2,1-4H3/b21-20+. The Labute approximate surface area is 186 Å². The van der Waals surface area contributed by atoms with Gasteiger partial charge in [-0.3, -0.25) is 13.5 Å². The Hall–Kier alpha value is -2.61. The number of aromatic nitrogens is 1. The number of benzene rings is 1. The molecule has 2 rings (SSSR count). The summed E-state index contributed by atoms with van der Waals surface area (Å²) in [7, 11) is -4.92. The molecule has 2 aromatic rings. The molecule has 176 valence electrons. The molecule has 0 spiro atoms. The maximum absolute atomic E-state index is 12.9. The molecule has 1 heterocycles. The van der Waals surface area contributed by atoms with E-state index in [-0.39, 0.29) is 28.3 Å². The molecule has 0 unspecified atom stereocenters. The van der Waals surface area contributed by atoms with Gasteiger partial charge in [-0.25, -0.2) is 8.42 Å². The number of hydrogen-bond donors (Lipinski definition) is 1. The predicted molar refractivity (Wildman–Crippen MR) is 117 cm³/mol. The van der Waals surface area contributed by atoms with E-state index in [2.05, 4.69) is 14.4 Å². The fourth-order valence-electron chi connectivity index (χ4n) is 2.83. The van der Waals surface area contributed by atoms with E-state index in [0.29, 0.717) is 18.7 Å². The lowest BCUT2D eigenvalue weighted by Crippen LogP contribution is -2.27. The molecule has 0 amide bonds. The molecule has 1 aromatic carbocycles. The van der Waals surface area contributed by atoms with Crippen LogP contribution in [-0.4, -0.2) is 53.6 Å². The van der Waals surface area contributed by atoms with Gasteiger partial charge >= 0.3 is 0 Å². The van der Waals surface area contributed by atoms with Crippen LogP contribution in [0.3, 0.4) is 0 Å². The van der Waals surface area contributed by atoms with Crippen LogP contribution < -0.4 is 5.56 Å².